The minimum absolute atomic E-state index is 0.319. The zero-order chi connectivity index (χ0) is 18.0. The summed E-state index contributed by atoms with van der Waals surface area (Å²) >= 11 is 0. The highest BCUT2D eigenvalue weighted by molar-refractivity contribution is 6.09. The number of amides is 1. The number of fused-ring (bicyclic) bond motifs is 1. The first-order valence-corrected chi connectivity index (χ1v) is 8.01. The highest BCUT2D eigenvalue weighted by Crippen LogP contribution is 2.24. The van der Waals surface area contributed by atoms with E-state index in [1.807, 2.05) is 31.2 Å². The molecule has 0 aliphatic heterocycles. The first-order valence-electron chi connectivity index (χ1n) is 8.01. The third-order valence-electron chi connectivity index (χ3n) is 4.18. The molecule has 1 amide bonds. The summed E-state index contributed by atoms with van der Waals surface area (Å²) in [7, 11) is 1.33. The maximum absolute atomic E-state index is 12.7. The Kier molecular flexibility index (Phi) is 4.52. The average molecular weight is 337 g/mol. The van der Waals surface area contributed by atoms with Crippen LogP contribution in [0.15, 0.2) is 36.5 Å². The molecule has 2 aromatic heterocycles. The summed E-state index contributed by atoms with van der Waals surface area (Å²) in [5.41, 5.74) is 3.37. The molecule has 0 saturated heterocycles. The van der Waals surface area contributed by atoms with Crippen LogP contribution >= 0.6 is 0 Å². The number of esters is 1. The van der Waals surface area contributed by atoms with Gasteiger partial charge in [0.2, 0.25) is 0 Å². The molecule has 2 heterocycles. The van der Waals surface area contributed by atoms with Crippen molar-refractivity contribution < 1.29 is 14.3 Å². The number of H-pyrrole nitrogens is 1. The van der Waals surface area contributed by atoms with Gasteiger partial charge in [0.15, 0.2) is 0 Å². The number of carbonyl (C=O) groups is 2. The summed E-state index contributed by atoms with van der Waals surface area (Å²) in [6.45, 7) is 3.65. The third kappa shape index (κ3) is 2.98. The molecular formula is C19H19N3O3. The van der Waals surface area contributed by atoms with Crippen LogP contribution in [0.2, 0.25) is 0 Å². The minimum Gasteiger partial charge on any atom is -0.465 e. The number of para-hydroxylation sites is 1. The van der Waals surface area contributed by atoms with Gasteiger partial charge in [0.25, 0.3) is 5.91 Å². The lowest BCUT2D eigenvalue weighted by molar-refractivity contribution is 0.0599. The second-order valence-electron chi connectivity index (χ2n) is 5.66. The standard InChI is InChI=1S/C19H19N3O3/c1-4-13-15(19(24)25-3)11(2)16(21-13)18(23)22-14-9-5-7-12-8-6-10-20-17(12)14/h5-10,21H,4H2,1-3H3,(H,22,23). The number of methoxy groups -OCH3 is 1. The van der Waals surface area contributed by atoms with Gasteiger partial charge in [-0.05, 0) is 31.0 Å². The summed E-state index contributed by atoms with van der Waals surface area (Å²) in [6, 6.07) is 9.37. The molecule has 6 heteroatoms. The predicted octanol–water partition coefficient (Wildman–Crippen LogP) is 3.47. The molecule has 0 atom stereocenters. The lowest BCUT2D eigenvalue weighted by atomic mass is 10.1. The van der Waals surface area contributed by atoms with Crippen LogP contribution in [-0.2, 0) is 11.2 Å². The van der Waals surface area contributed by atoms with E-state index in [4.69, 9.17) is 4.74 Å². The topological polar surface area (TPSA) is 84.1 Å². The van der Waals surface area contributed by atoms with E-state index in [9.17, 15) is 9.59 Å². The van der Waals surface area contributed by atoms with Crippen LogP contribution < -0.4 is 5.32 Å². The SMILES string of the molecule is CCc1[nH]c(C(=O)Nc2cccc3cccnc23)c(C)c1C(=O)OC. The second-order valence-corrected chi connectivity index (χ2v) is 5.66. The Morgan fingerprint density at radius 2 is 2.00 bits per heavy atom. The molecule has 0 aliphatic carbocycles. The third-order valence-corrected chi connectivity index (χ3v) is 4.18. The molecule has 1 aromatic carbocycles. The minimum atomic E-state index is -0.448. The van der Waals surface area contributed by atoms with Crippen LogP contribution in [0.4, 0.5) is 5.69 Å². The smallest absolute Gasteiger partial charge is 0.339 e. The number of aromatic nitrogens is 2. The van der Waals surface area contributed by atoms with E-state index in [0.29, 0.717) is 40.1 Å². The molecule has 0 radical (unpaired) electrons. The Morgan fingerprint density at radius 3 is 2.72 bits per heavy atom. The van der Waals surface area contributed by atoms with Gasteiger partial charge in [0, 0.05) is 17.3 Å². The number of anilines is 1. The van der Waals surface area contributed by atoms with E-state index in [-0.39, 0.29) is 5.91 Å². The first kappa shape index (κ1) is 16.7. The van der Waals surface area contributed by atoms with Crippen molar-refractivity contribution in [1.29, 1.82) is 0 Å². The molecule has 0 aliphatic rings. The number of rotatable bonds is 4. The monoisotopic (exact) mass is 337 g/mol. The van der Waals surface area contributed by atoms with Crippen molar-refractivity contribution in [2.45, 2.75) is 20.3 Å². The van der Waals surface area contributed by atoms with Gasteiger partial charge < -0.3 is 15.0 Å². The van der Waals surface area contributed by atoms with Crippen LogP contribution in [0.1, 0.15) is 39.0 Å². The molecular weight excluding hydrogens is 318 g/mol. The molecule has 0 bridgehead atoms. The van der Waals surface area contributed by atoms with Crippen LogP contribution in [0.25, 0.3) is 10.9 Å². The van der Waals surface area contributed by atoms with E-state index in [0.717, 1.165) is 5.39 Å². The van der Waals surface area contributed by atoms with Gasteiger partial charge in [-0.3, -0.25) is 9.78 Å². The summed E-state index contributed by atoms with van der Waals surface area (Å²) < 4.78 is 4.83. The molecule has 128 valence electrons. The number of pyridine rings is 1. The van der Waals surface area contributed by atoms with Crippen molar-refractivity contribution in [2.75, 3.05) is 12.4 Å². The highest BCUT2D eigenvalue weighted by atomic mass is 16.5. The largest absolute Gasteiger partial charge is 0.465 e. The van der Waals surface area contributed by atoms with Crippen LogP contribution in [0, 0.1) is 6.92 Å². The van der Waals surface area contributed by atoms with E-state index < -0.39 is 5.97 Å². The van der Waals surface area contributed by atoms with E-state index >= 15 is 0 Å². The molecule has 0 unspecified atom stereocenters. The Hall–Kier alpha value is -3.15. The molecule has 0 saturated carbocycles. The molecule has 0 fully saturated rings. The van der Waals surface area contributed by atoms with Crippen molar-refractivity contribution in [1.82, 2.24) is 9.97 Å². The first-order chi connectivity index (χ1) is 12.1. The van der Waals surface area contributed by atoms with Gasteiger partial charge in [-0.25, -0.2) is 4.79 Å². The summed E-state index contributed by atoms with van der Waals surface area (Å²) in [4.78, 5) is 32.1. The van der Waals surface area contributed by atoms with Gasteiger partial charge in [0.1, 0.15) is 5.69 Å². The molecule has 3 aromatic rings. The summed E-state index contributed by atoms with van der Waals surface area (Å²) in [5, 5.41) is 3.82. The fraction of sp³-hybridized carbons (Fsp3) is 0.211. The number of hydrogen-bond acceptors (Lipinski definition) is 4. The maximum atomic E-state index is 12.7. The van der Waals surface area contributed by atoms with E-state index in [1.165, 1.54) is 7.11 Å². The summed E-state index contributed by atoms with van der Waals surface area (Å²) in [6.07, 6.45) is 2.27. The zero-order valence-electron chi connectivity index (χ0n) is 14.3. The summed E-state index contributed by atoms with van der Waals surface area (Å²) in [5.74, 6) is -0.767. The van der Waals surface area contributed by atoms with E-state index in [1.54, 1.807) is 19.2 Å². The van der Waals surface area contributed by atoms with Gasteiger partial charge >= 0.3 is 5.97 Å². The Balaban J connectivity index is 1.99. The fourth-order valence-electron chi connectivity index (χ4n) is 2.92. The fourth-order valence-corrected chi connectivity index (χ4v) is 2.92. The number of hydrogen-bond donors (Lipinski definition) is 2. The number of carbonyl (C=O) groups excluding carboxylic acids is 2. The lowest BCUT2D eigenvalue weighted by Crippen LogP contribution is -2.14. The number of aromatic amines is 1. The average Bonchev–Trinajstić information content (AvgIpc) is 2.98. The van der Waals surface area contributed by atoms with Gasteiger partial charge in [-0.2, -0.15) is 0 Å². The van der Waals surface area contributed by atoms with Crippen molar-refractivity contribution in [3.8, 4) is 0 Å². The normalized spacial score (nSPS) is 10.7. The van der Waals surface area contributed by atoms with Crippen LogP contribution in [0.3, 0.4) is 0 Å². The number of nitrogens with one attached hydrogen (secondary N) is 2. The second kappa shape index (κ2) is 6.76. The molecule has 6 nitrogen and oxygen atoms in total. The Labute approximate surface area is 145 Å². The van der Waals surface area contributed by atoms with E-state index in [2.05, 4.69) is 15.3 Å². The number of nitrogens with zero attached hydrogens (tertiary/aromatic N) is 1. The number of ether oxygens (including phenoxy) is 1. The molecule has 0 spiro atoms. The number of benzene rings is 1. The quantitative estimate of drug-likeness (QED) is 0.714. The van der Waals surface area contributed by atoms with Gasteiger partial charge in [0.05, 0.1) is 23.9 Å². The van der Waals surface area contributed by atoms with Crippen molar-refractivity contribution in [2.24, 2.45) is 0 Å². The zero-order valence-corrected chi connectivity index (χ0v) is 14.3. The van der Waals surface area contributed by atoms with Crippen molar-refractivity contribution >= 4 is 28.5 Å². The molecule has 25 heavy (non-hydrogen) atoms. The van der Waals surface area contributed by atoms with Crippen molar-refractivity contribution in [3.05, 3.63) is 59.0 Å². The highest BCUT2D eigenvalue weighted by Gasteiger charge is 2.24. The van der Waals surface area contributed by atoms with Crippen LogP contribution in [0.5, 0.6) is 0 Å². The van der Waals surface area contributed by atoms with Gasteiger partial charge in [-0.1, -0.05) is 25.1 Å². The Bertz CT molecular complexity index is 954. The lowest BCUT2D eigenvalue weighted by Gasteiger charge is -2.08. The van der Waals surface area contributed by atoms with Crippen LogP contribution in [-0.4, -0.2) is 29.0 Å². The maximum Gasteiger partial charge on any atom is 0.339 e. The Morgan fingerprint density at radius 1 is 1.24 bits per heavy atom. The van der Waals surface area contributed by atoms with Gasteiger partial charge in [-0.15, -0.1) is 0 Å². The predicted molar refractivity (Wildman–Crippen MR) is 95.9 cm³/mol. The molecule has 2 N–H and O–H groups in total. The van der Waals surface area contributed by atoms with Crippen molar-refractivity contribution in [3.63, 3.8) is 0 Å². The number of aryl methyl sites for hydroxylation is 1. The molecule has 3 rings (SSSR count).